The van der Waals surface area contributed by atoms with Crippen molar-refractivity contribution in [1.29, 1.82) is 0 Å². The van der Waals surface area contributed by atoms with Gasteiger partial charge in [-0.25, -0.2) is 4.79 Å². The number of hydrogen-bond acceptors (Lipinski definition) is 3. The molecule has 1 heterocycles. The van der Waals surface area contributed by atoms with Crippen molar-refractivity contribution in [2.45, 2.75) is 6.92 Å². The Morgan fingerprint density at radius 3 is 3.15 bits per heavy atom. The Kier molecular flexibility index (Phi) is 4.23. The van der Waals surface area contributed by atoms with Crippen LogP contribution in [0.2, 0.25) is 5.02 Å². The topological polar surface area (TPSA) is 71.0 Å². The number of amides is 2. The zero-order valence-corrected chi connectivity index (χ0v) is 11.4. The molecule has 0 aliphatic rings. The number of anilines is 1. The number of hydrogen-bond donors (Lipinski definition) is 2. The molecular weight excluding hydrogens is 280 g/mol. The summed E-state index contributed by atoms with van der Waals surface area (Å²) in [5.74, 6) is 2.48. The molecule has 0 saturated carbocycles. The number of carbonyl (C=O) groups excluding carboxylic acids is 1. The van der Waals surface area contributed by atoms with Crippen molar-refractivity contribution in [3.63, 3.8) is 0 Å². The summed E-state index contributed by atoms with van der Waals surface area (Å²) in [5, 5.41) is 9.36. The highest BCUT2D eigenvalue weighted by atomic mass is 35.5. The van der Waals surface area contributed by atoms with Crippen molar-refractivity contribution in [2.24, 2.45) is 0 Å². The number of aromatic nitrogens is 2. The van der Waals surface area contributed by atoms with Gasteiger partial charge < -0.3 is 5.32 Å². The first-order chi connectivity index (χ1) is 9.61. The molecule has 0 unspecified atom stereocenters. The lowest BCUT2D eigenvalue weighted by Gasteiger charge is -1.98. The van der Waals surface area contributed by atoms with Crippen LogP contribution in [0.15, 0.2) is 28.9 Å². The van der Waals surface area contributed by atoms with E-state index in [1.54, 1.807) is 12.1 Å². The van der Waals surface area contributed by atoms with E-state index in [0.717, 1.165) is 11.3 Å². The maximum Gasteiger partial charge on any atom is 0.322 e. The Bertz CT molecular complexity index is 675. The quantitative estimate of drug-likeness (QED) is 0.667. The fourth-order valence-corrected chi connectivity index (χ4v) is 1.72. The van der Waals surface area contributed by atoms with Crippen LogP contribution in [0.25, 0.3) is 5.69 Å². The Labute approximate surface area is 120 Å². The fraction of sp³-hybridized carbons (Fsp3) is 0.154. The second kappa shape index (κ2) is 6.08. The maximum absolute atomic E-state index is 11.4. The van der Waals surface area contributed by atoms with Gasteiger partial charge in [0.05, 0.1) is 11.6 Å². The standard InChI is InChI=1S/C13H11ClN4O2/c1-3-7-15-13(19)16-12-8-18(17-20-12)11-6-4-5-10(14)9(11)2/h1,4-6,8H,7H2,2H3,(H-,15,16,17,19)/p+1. The van der Waals surface area contributed by atoms with Gasteiger partial charge in [0, 0.05) is 11.6 Å². The van der Waals surface area contributed by atoms with Crippen molar-refractivity contribution in [1.82, 2.24) is 10.6 Å². The largest absolute Gasteiger partial charge is 0.327 e. The Morgan fingerprint density at radius 1 is 1.60 bits per heavy atom. The summed E-state index contributed by atoms with van der Waals surface area (Å²) in [5.41, 5.74) is 1.62. The van der Waals surface area contributed by atoms with E-state index in [-0.39, 0.29) is 12.4 Å². The SMILES string of the molecule is C#CCNC(=O)Nc1c[n+](-c2cccc(Cl)c2C)no1. The molecule has 0 saturated heterocycles. The molecule has 1 aromatic heterocycles. The van der Waals surface area contributed by atoms with Crippen LogP contribution in [0.5, 0.6) is 0 Å². The fourth-order valence-electron chi connectivity index (χ4n) is 1.55. The summed E-state index contributed by atoms with van der Waals surface area (Å²) in [6.07, 6.45) is 6.57. The smallest absolute Gasteiger partial charge is 0.322 e. The summed E-state index contributed by atoms with van der Waals surface area (Å²) in [4.78, 5) is 11.4. The molecule has 0 atom stereocenters. The highest BCUT2D eigenvalue weighted by molar-refractivity contribution is 6.31. The van der Waals surface area contributed by atoms with Crippen LogP contribution in [0.3, 0.4) is 0 Å². The number of rotatable bonds is 3. The lowest BCUT2D eigenvalue weighted by molar-refractivity contribution is -0.670. The number of urea groups is 1. The molecule has 2 amide bonds. The summed E-state index contributed by atoms with van der Waals surface area (Å²) in [6.45, 7) is 2.00. The van der Waals surface area contributed by atoms with Crippen LogP contribution in [-0.4, -0.2) is 17.8 Å². The highest BCUT2D eigenvalue weighted by Gasteiger charge is 2.19. The molecule has 0 bridgehead atoms. The number of carbonyl (C=O) groups is 1. The van der Waals surface area contributed by atoms with E-state index in [2.05, 4.69) is 21.8 Å². The van der Waals surface area contributed by atoms with Gasteiger partial charge in [-0.3, -0.25) is 9.84 Å². The molecule has 20 heavy (non-hydrogen) atoms. The van der Waals surface area contributed by atoms with Gasteiger partial charge in [0.15, 0.2) is 0 Å². The van der Waals surface area contributed by atoms with Gasteiger partial charge in [0.1, 0.15) is 0 Å². The minimum absolute atomic E-state index is 0.132. The van der Waals surface area contributed by atoms with Crippen LogP contribution in [0, 0.1) is 19.3 Å². The molecule has 2 N–H and O–H groups in total. The van der Waals surface area contributed by atoms with Crippen molar-refractivity contribution >= 4 is 23.5 Å². The van der Waals surface area contributed by atoms with Crippen LogP contribution in [-0.2, 0) is 0 Å². The second-order valence-corrected chi connectivity index (χ2v) is 4.31. The third kappa shape index (κ3) is 3.08. The lowest BCUT2D eigenvalue weighted by Crippen LogP contribution is -2.33. The van der Waals surface area contributed by atoms with Gasteiger partial charge in [-0.05, 0) is 17.7 Å². The van der Waals surface area contributed by atoms with Crippen LogP contribution >= 0.6 is 11.6 Å². The third-order valence-electron chi connectivity index (χ3n) is 2.54. The summed E-state index contributed by atoms with van der Waals surface area (Å²) >= 11 is 6.04. The summed E-state index contributed by atoms with van der Waals surface area (Å²) in [6, 6.07) is 4.97. The molecule has 6 nitrogen and oxygen atoms in total. The van der Waals surface area contributed by atoms with Crippen molar-refractivity contribution in [3.8, 4) is 18.0 Å². The van der Waals surface area contributed by atoms with Crippen molar-refractivity contribution in [3.05, 3.63) is 35.0 Å². The van der Waals surface area contributed by atoms with E-state index in [1.807, 2.05) is 13.0 Å². The molecule has 0 fully saturated rings. The number of nitrogens with one attached hydrogen (secondary N) is 2. The lowest BCUT2D eigenvalue weighted by atomic mass is 10.2. The minimum Gasteiger partial charge on any atom is -0.327 e. The van der Waals surface area contributed by atoms with Gasteiger partial charge in [0.2, 0.25) is 11.0 Å². The molecule has 0 radical (unpaired) electrons. The molecule has 0 aliphatic heterocycles. The van der Waals surface area contributed by atoms with Crippen LogP contribution in [0.1, 0.15) is 5.56 Å². The first-order valence-corrected chi connectivity index (χ1v) is 6.12. The highest BCUT2D eigenvalue weighted by Crippen LogP contribution is 2.18. The zero-order chi connectivity index (χ0) is 14.5. The normalized spacial score (nSPS) is 9.85. The van der Waals surface area contributed by atoms with Crippen LogP contribution < -0.4 is 15.3 Å². The van der Waals surface area contributed by atoms with E-state index in [1.165, 1.54) is 10.9 Å². The predicted molar refractivity (Wildman–Crippen MR) is 73.6 cm³/mol. The number of nitrogens with zero attached hydrogens (tertiary/aromatic N) is 2. The Balaban J connectivity index is 2.15. The maximum atomic E-state index is 11.4. The van der Waals surface area contributed by atoms with Crippen molar-refractivity contribution < 1.29 is 14.0 Å². The van der Waals surface area contributed by atoms with E-state index in [0.29, 0.717) is 5.02 Å². The van der Waals surface area contributed by atoms with Crippen LogP contribution in [0.4, 0.5) is 10.7 Å². The van der Waals surface area contributed by atoms with E-state index >= 15 is 0 Å². The zero-order valence-electron chi connectivity index (χ0n) is 10.7. The molecule has 0 spiro atoms. The van der Waals surface area contributed by atoms with Gasteiger partial charge in [-0.15, -0.1) is 6.42 Å². The molecule has 7 heteroatoms. The summed E-state index contributed by atoms with van der Waals surface area (Å²) in [7, 11) is 0. The van der Waals surface area contributed by atoms with Crippen molar-refractivity contribution in [2.75, 3.05) is 11.9 Å². The van der Waals surface area contributed by atoms with Gasteiger partial charge in [-0.1, -0.05) is 23.6 Å². The number of halogens is 1. The average Bonchev–Trinajstić information content (AvgIpc) is 2.88. The number of terminal acetylenes is 1. The molecule has 102 valence electrons. The molecule has 0 aliphatic carbocycles. The molecule has 2 aromatic rings. The van der Waals surface area contributed by atoms with E-state index in [4.69, 9.17) is 22.5 Å². The number of benzene rings is 1. The Morgan fingerprint density at radius 2 is 2.40 bits per heavy atom. The monoisotopic (exact) mass is 291 g/mol. The van der Waals surface area contributed by atoms with Gasteiger partial charge >= 0.3 is 11.9 Å². The first kappa shape index (κ1) is 13.9. The molecular formula is C13H12ClN4O2+. The molecule has 2 rings (SSSR count). The van der Waals surface area contributed by atoms with E-state index in [9.17, 15) is 4.79 Å². The van der Waals surface area contributed by atoms with Gasteiger partial charge in [-0.2, -0.15) is 0 Å². The average molecular weight is 292 g/mol. The summed E-state index contributed by atoms with van der Waals surface area (Å²) < 4.78 is 6.49. The predicted octanol–water partition coefficient (Wildman–Crippen LogP) is 1.67. The molecule has 1 aromatic carbocycles. The minimum atomic E-state index is -0.464. The Hall–Kier alpha value is -2.52. The van der Waals surface area contributed by atoms with Gasteiger partial charge in [0.25, 0.3) is 6.20 Å². The third-order valence-corrected chi connectivity index (χ3v) is 2.95. The first-order valence-electron chi connectivity index (χ1n) is 5.74. The van der Waals surface area contributed by atoms with E-state index < -0.39 is 6.03 Å². The second-order valence-electron chi connectivity index (χ2n) is 3.91.